The topological polar surface area (TPSA) is 76.0 Å². The second-order valence-corrected chi connectivity index (χ2v) is 8.63. The highest BCUT2D eigenvalue weighted by Crippen LogP contribution is 2.23. The zero-order valence-electron chi connectivity index (χ0n) is 16.4. The molecule has 1 heterocycles. The van der Waals surface area contributed by atoms with Crippen molar-refractivity contribution in [2.75, 3.05) is 0 Å². The molecule has 0 saturated carbocycles. The number of rotatable bonds is 4. The molecule has 1 atom stereocenters. The number of nitrogens with zero attached hydrogens (tertiary/aromatic N) is 2. The van der Waals surface area contributed by atoms with Crippen LogP contribution in [0.2, 0.25) is 0 Å². The molecule has 2 amide bonds. The lowest BCUT2D eigenvalue weighted by molar-refractivity contribution is -0.124. The van der Waals surface area contributed by atoms with Gasteiger partial charge in [-0.3, -0.25) is 14.3 Å². The fourth-order valence-corrected chi connectivity index (χ4v) is 2.27. The lowest BCUT2D eigenvalue weighted by atomic mass is 10.1. The molecule has 1 aromatic heterocycles. The van der Waals surface area contributed by atoms with Gasteiger partial charge in [0, 0.05) is 11.2 Å². The number of amides is 2. The summed E-state index contributed by atoms with van der Waals surface area (Å²) in [5.74, 6) is -0.300. The zero-order chi connectivity index (χ0) is 18.9. The third kappa shape index (κ3) is 5.35. The molecule has 1 aromatic rings. The molecular weight excluding hydrogens is 304 g/mol. The molecule has 2 N–H and O–H groups in total. The van der Waals surface area contributed by atoms with Crippen molar-refractivity contribution in [3.63, 3.8) is 0 Å². The first-order chi connectivity index (χ1) is 10.7. The first kappa shape index (κ1) is 20.2. The van der Waals surface area contributed by atoms with Gasteiger partial charge in [0.2, 0.25) is 5.91 Å². The van der Waals surface area contributed by atoms with E-state index in [1.807, 2.05) is 46.2 Å². The van der Waals surface area contributed by atoms with Crippen LogP contribution in [-0.2, 0) is 10.3 Å². The Morgan fingerprint density at radius 3 is 2.00 bits per heavy atom. The molecule has 0 spiro atoms. The molecule has 6 heteroatoms. The smallest absolute Gasteiger partial charge is 0.272 e. The van der Waals surface area contributed by atoms with Gasteiger partial charge < -0.3 is 10.6 Å². The molecule has 24 heavy (non-hydrogen) atoms. The van der Waals surface area contributed by atoms with Crippen molar-refractivity contribution in [2.45, 2.75) is 85.4 Å². The minimum absolute atomic E-state index is 0.213. The van der Waals surface area contributed by atoms with Gasteiger partial charge in [0.05, 0.1) is 5.54 Å². The van der Waals surface area contributed by atoms with Gasteiger partial charge in [0.1, 0.15) is 11.7 Å². The van der Waals surface area contributed by atoms with E-state index in [-0.39, 0.29) is 28.8 Å². The van der Waals surface area contributed by atoms with E-state index in [2.05, 4.69) is 29.6 Å². The minimum atomic E-state index is -0.626. The van der Waals surface area contributed by atoms with Crippen molar-refractivity contribution in [3.8, 4) is 0 Å². The summed E-state index contributed by atoms with van der Waals surface area (Å²) in [4.78, 5) is 24.6. The Balaban J connectivity index is 2.95. The minimum Gasteiger partial charge on any atom is -0.350 e. The number of nitrogens with one attached hydrogen (secondary N) is 2. The van der Waals surface area contributed by atoms with Gasteiger partial charge in [-0.25, -0.2) is 0 Å². The Hall–Kier alpha value is -1.85. The van der Waals surface area contributed by atoms with Crippen LogP contribution >= 0.6 is 0 Å². The Morgan fingerprint density at radius 1 is 1.08 bits per heavy atom. The zero-order valence-corrected chi connectivity index (χ0v) is 16.4. The SMILES string of the molecule is CC(C)c1cc(C(=O)N[C@@H](C)C(=O)NC(C)(C)C)nn1C(C)(C)C. The van der Waals surface area contributed by atoms with Crippen molar-refractivity contribution in [2.24, 2.45) is 0 Å². The van der Waals surface area contributed by atoms with Gasteiger partial charge >= 0.3 is 0 Å². The number of carbonyl (C=O) groups is 2. The summed E-state index contributed by atoms with van der Waals surface area (Å²) in [7, 11) is 0. The molecule has 0 saturated heterocycles. The van der Waals surface area contributed by atoms with Crippen LogP contribution in [-0.4, -0.2) is 33.2 Å². The highest BCUT2D eigenvalue weighted by molar-refractivity contribution is 5.96. The number of hydrogen-bond donors (Lipinski definition) is 2. The number of hydrogen-bond acceptors (Lipinski definition) is 3. The quantitative estimate of drug-likeness (QED) is 0.887. The highest BCUT2D eigenvalue weighted by Gasteiger charge is 2.26. The number of carbonyl (C=O) groups excluding carboxylic acids is 2. The summed E-state index contributed by atoms with van der Waals surface area (Å²) in [6.07, 6.45) is 0. The Bertz CT molecular complexity index is 604. The molecule has 0 aliphatic heterocycles. The second kappa shape index (κ2) is 6.95. The van der Waals surface area contributed by atoms with Crippen LogP contribution in [0.5, 0.6) is 0 Å². The molecular formula is C18H32N4O2. The van der Waals surface area contributed by atoms with E-state index in [1.54, 1.807) is 13.0 Å². The molecule has 0 bridgehead atoms. The normalized spacial score (nSPS) is 13.8. The van der Waals surface area contributed by atoms with Crippen molar-refractivity contribution in [3.05, 3.63) is 17.5 Å². The fraction of sp³-hybridized carbons (Fsp3) is 0.722. The standard InChI is InChI=1S/C18H32N4O2/c1-11(2)14-10-13(21-22(14)18(7,8)9)16(24)19-12(3)15(23)20-17(4,5)6/h10-12H,1-9H3,(H,19,24)(H,20,23)/t12-/m0/s1. The molecule has 0 aliphatic carbocycles. The average Bonchev–Trinajstić information content (AvgIpc) is 2.81. The Kier molecular flexibility index (Phi) is 5.85. The van der Waals surface area contributed by atoms with Crippen molar-refractivity contribution >= 4 is 11.8 Å². The predicted octanol–water partition coefficient (Wildman–Crippen LogP) is 2.79. The lowest BCUT2D eigenvalue weighted by Gasteiger charge is -2.24. The van der Waals surface area contributed by atoms with Gasteiger partial charge in [0.25, 0.3) is 5.91 Å². The van der Waals surface area contributed by atoms with Gasteiger partial charge in [-0.2, -0.15) is 5.10 Å². The van der Waals surface area contributed by atoms with Crippen molar-refractivity contribution < 1.29 is 9.59 Å². The molecule has 0 radical (unpaired) electrons. The molecule has 1 rings (SSSR count). The molecule has 0 fully saturated rings. The van der Waals surface area contributed by atoms with Crippen LogP contribution in [0.15, 0.2) is 6.07 Å². The van der Waals surface area contributed by atoms with E-state index < -0.39 is 6.04 Å². The van der Waals surface area contributed by atoms with Crippen molar-refractivity contribution in [1.29, 1.82) is 0 Å². The summed E-state index contributed by atoms with van der Waals surface area (Å²) >= 11 is 0. The predicted molar refractivity (Wildman–Crippen MR) is 96.1 cm³/mol. The van der Waals surface area contributed by atoms with Crippen molar-refractivity contribution in [1.82, 2.24) is 20.4 Å². The molecule has 0 unspecified atom stereocenters. The maximum absolute atomic E-state index is 12.5. The van der Waals surface area contributed by atoms with E-state index in [1.165, 1.54) is 0 Å². The summed E-state index contributed by atoms with van der Waals surface area (Å²) < 4.78 is 1.88. The summed E-state index contributed by atoms with van der Waals surface area (Å²) in [6, 6.07) is 1.18. The van der Waals surface area contributed by atoms with Gasteiger partial charge in [-0.15, -0.1) is 0 Å². The molecule has 0 aromatic carbocycles. The first-order valence-corrected chi connectivity index (χ1v) is 8.45. The van der Waals surface area contributed by atoms with Crippen LogP contribution in [0.3, 0.4) is 0 Å². The Labute approximate surface area is 145 Å². The van der Waals surface area contributed by atoms with E-state index in [9.17, 15) is 9.59 Å². The molecule has 6 nitrogen and oxygen atoms in total. The van der Waals surface area contributed by atoms with Crippen LogP contribution in [0.4, 0.5) is 0 Å². The maximum atomic E-state index is 12.5. The largest absolute Gasteiger partial charge is 0.350 e. The summed E-state index contributed by atoms with van der Waals surface area (Å²) in [5, 5.41) is 10.0. The first-order valence-electron chi connectivity index (χ1n) is 8.45. The van der Waals surface area contributed by atoms with Crippen LogP contribution in [0.1, 0.15) is 84.4 Å². The highest BCUT2D eigenvalue weighted by atomic mass is 16.2. The van der Waals surface area contributed by atoms with E-state index in [4.69, 9.17) is 0 Å². The monoisotopic (exact) mass is 336 g/mol. The third-order valence-electron chi connectivity index (χ3n) is 3.44. The van der Waals surface area contributed by atoms with E-state index in [0.29, 0.717) is 5.69 Å². The molecule has 136 valence electrons. The summed E-state index contributed by atoms with van der Waals surface area (Å²) in [6.45, 7) is 17.7. The van der Waals surface area contributed by atoms with E-state index >= 15 is 0 Å². The maximum Gasteiger partial charge on any atom is 0.272 e. The number of aromatic nitrogens is 2. The second-order valence-electron chi connectivity index (χ2n) is 8.63. The fourth-order valence-electron chi connectivity index (χ4n) is 2.27. The summed E-state index contributed by atoms with van der Waals surface area (Å²) in [5.41, 5.74) is 0.783. The molecule has 0 aliphatic rings. The Morgan fingerprint density at radius 2 is 1.62 bits per heavy atom. The van der Waals surface area contributed by atoms with Gasteiger partial charge in [-0.05, 0) is 60.5 Å². The van der Waals surface area contributed by atoms with Gasteiger partial charge in [-0.1, -0.05) is 13.8 Å². The average molecular weight is 336 g/mol. The van der Waals surface area contributed by atoms with Crippen LogP contribution < -0.4 is 10.6 Å². The van der Waals surface area contributed by atoms with Crippen LogP contribution in [0, 0.1) is 0 Å². The van der Waals surface area contributed by atoms with E-state index in [0.717, 1.165) is 5.69 Å². The lowest BCUT2D eigenvalue weighted by Crippen LogP contribution is -2.50. The van der Waals surface area contributed by atoms with Gasteiger partial charge in [0.15, 0.2) is 0 Å². The van der Waals surface area contributed by atoms with Crippen LogP contribution in [0.25, 0.3) is 0 Å². The third-order valence-corrected chi connectivity index (χ3v) is 3.44.